The van der Waals surface area contributed by atoms with Crippen molar-refractivity contribution in [2.45, 2.75) is 63.8 Å². The third kappa shape index (κ3) is 3.94. The van der Waals surface area contributed by atoms with Crippen LogP contribution in [0.15, 0.2) is 28.8 Å². The van der Waals surface area contributed by atoms with Gasteiger partial charge < -0.3 is 14.6 Å². The Morgan fingerprint density at radius 3 is 2.76 bits per heavy atom. The number of aromatic nitrogens is 2. The van der Waals surface area contributed by atoms with Crippen molar-refractivity contribution in [2.24, 2.45) is 23.7 Å². The maximum atomic E-state index is 5.43. The number of benzene rings is 1. The molecule has 2 bridgehead atoms. The molecule has 1 aromatic carbocycles. The van der Waals surface area contributed by atoms with E-state index in [1.807, 2.05) is 24.3 Å². The van der Waals surface area contributed by atoms with Crippen molar-refractivity contribution >= 4 is 0 Å². The molecule has 0 saturated heterocycles. The normalized spacial score (nSPS) is 30.0. The minimum Gasteiger partial charge on any atom is -0.497 e. The smallest absolute Gasteiger partial charge is 0.226 e. The molecule has 3 fully saturated rings. The lowest BCUT2D eigenvalue weighted by Gasteiger charge is -2.32. The fourth-order valence-corrected chi connectivity index (χ4v) is 6.38. The SMILES string of the molecule is COc1ccc(-c2noc(CCCCCNC3CC4CC3C3CCCC43)n2)cc1. The van der Waals surface area contributed by atoms with Crippen molar-refractivity contribution in [2.75, 3.05) is 13.7 Å². The number of methoxy groups -OCH3 is 1. The van der Waals surface area contributed by atoms with Crippen LogP contribution in [0.2, 0.25) is 0 Å². The summed E-state index contributed by atoms with van der Waals surface area (Å²) in [6, 6.07) is 8.57. The van der Waals surface area contributed by atoms with E-state index < -0.39 is 0 Å². The van der Waals surface area contributed by atoms with E-state index in [0.717, 1.165) is 66.3 Å². The van der Waals surface area contributed by atoms with Gasteiger partial charge >= 0.3 is 0 Å². The van der Waals surface area contributed by atoms with Gasteiger partial charge in [0.1, 0.15) is 5.75 Å². The predicted octanol–water partition coefficient (Wildman–Crippen LogP) is 4.87. The molecule has 0 radical (unpaired) electrons. The summed E-state index contributed by atoms with van der Waals surface area (Å²) >= 11 is 0. The number of nitrogens with one attached hydrogen (secondary N) is 1. The summed E-state index contributed by atoms with van der Waals surface area (Å²) in [7, 11) is 1.67. The van der Waals surface area contributed by atoms with Gasteiger partial charge in [0.25, 0.3) is 0 Å². The molecule has 5 nitrogen and oxygen atoms in total. The predicted molar refractivity (Wildman–Crippen MR) is 113 cm³/mol. The summed E-state index contributed by atoms with van der Waals surface area (Å²) in [5.41, 5.74) is 0.959. The average molecular weight is 396 g/mol. The maximum absolute atomic E-state index is 5.43. The van der Waals surface area contributed by atoms with Gasteiger partial charge in [0.2, 0.25) is 11.7 Å². The third-order valence-corrected chi connectivity index (χ3v) is 7.72. The van der Waals surface area contributed by atoms with Crippen LogP contribution in [0, 0.1) is 23.7 Å². The molecular formula is C24H33N3O2. The Balaban J connectivity index is 1.00. The first-order valence-electron chi connectivity index (χ1n) is 11.5. The lowest BCUT2D eigenvalue weighted by molar-refractivity contribution is 0.208. The second-order valence-electron chi connectivity index (χ2n) is 9.27. The molecular weight excluding hydrogens is 362 g/mol. The van der Waals surface area contributed by atoms with Crippen molar-refractivity contribution in [3.8, 4) is 17.1 Å². The fourth-order valence-electron chi connectivity index (χ4n) is 6.38. The van der Waals surface area contributed by atoms with Crippen LogP contribution in [0.25, 0.3) is 11.4 Å². The maximum Gasteiger partial charge on any atom is 0.226 e. The molecule has 3 saturated carbocycles. The van der Waals surface area contributed by atoms with Gasteiger partial charge in [-0.1, -0.05) is 18.0 Å². The first-order chi connectivity index (χ1) is 14.3. The van der Waals surface area contributed by atoms with Crippen molar-refractivity contribution in [1.29, 1.82) is 0 Å². The Kier molecular flexibility index (Phi) is 5.58. The van der Waals surface area contributed by atoms with Crippen LogP contribution < -0.4 is 10.1 Å². The molecule has 1 heterocycles. The molecule has 5 rings (SSSR count). The van der Waals surface area contributed by atoms with Crippen LogP contribution in [0.4, 0.5) is 0 Å². The highest BCUT2D eigenvalue weighted by Crippen LogP contribution is 2.58. The van der Waals surface area contributed by atoms with Crippen LogP contribution in [0.3, 0.4) is 0 Å². The van der Waals surface area contributed by atoms with E-state index in [0.29, 0.717) is 5.82 Å². The second-order valence-corrected chi connectivity index (χ2v) is 9.27. The van der Waals surface area contributed by atoms with Crippen LogP contribution in [0.5, 0.6) is 5.75 Å². The third-order valence-electron chi connectivity index (χ3n) is 7.72. The minimum atomic E-state index is 0.658. The highest BCUT2D eigenvalue weighted by atomic mass is 16.5. The molecule has 3 aliphatic carbocycles. The molecule has 0 aliphatic heterocycles. The zero-order valence-corrected chi connectivity index (χ0v) is 17.5. The van der Waals surface area contributed by atoms with E-state index in [1.165, 1.54) is 44.9 Å². The number of rotatable bonds is 9. The van der Waals surface area contributed by atoms with Crippen molar-refractivity contribution in [1.82, 2.24) is 15.5 Å². The van der Waals surface area contributed by atoms with Crippen molar-refractivity contribution in [3.05, 3.63) is 30.2 Å². The Morgan fingerprint density at radius 1 is 1.03 bits per heavy atom. The van der Waals surface area contributed by atoms with Crippen LogP contribution in [-0.4, -0.2) is 29.8 Å². The van der Waals surface area contributed by atoms with E-state index in [9.17, 15) is 0 Å². The summed E-state index contributed by atoms with van der Waals surface area (Å²) in [6.07, 6.45) is 11.9. The van der Waals surface area contributed by atoms with E-state index in [-0.39, 0.29) is 0 Å². The molecule has 2 aromatic rings. The Labute approximate surface area is 173 Å². The number of hydrogen-bond donors (Lipinski definition) is 1. The molecule has 3 aliphatic rings. The first kappa shape index (κ1) is 19.1. The summed E-state index contributed by atoms with van der Waals surface area (Å²) in [6.45, 7) is 1.16. The van der Waals surface area contributed by atoms with Gasteiger partial charge in [-0.3, -0.25) is 0 Å². The number of ether oxygens (including phenoxy) is 1. The lowest BCUT2D eigenvalue weighted by Crippen LogP contribution is -2.39. The molecule has 1 N–H and O–H groups in total. The van der Waals surface area contributed by atoms with Gasteiger partial charge in [-0.2, -0.15) is 4.98 Å². The van der Waals surface area contributed by atoms with Crippen LogP contribution in [0.1, 0.15) is 57.3 Å². The van der Waals surface area contributed by atoms with Crippen molar-refractivity contribution in [3.63, 3.8) is 0 Å². The van der Waals surface area contributed by atoms with Gasteiger partial charge in [-0.05, 0) is 93.0 Å². The quantitative estimate of drug-likeness (QED) is 0.614. The molecule has 156 valence electrons. The number of nitrogens with zero attached hydrogens (tertiary/aromatic N) is 2. The Bertz CT molecular complexity index is 803. The van der Waals surface area contributed by atoms with Gasteiger partial charge in [0.05, 0.1) is 7.11 Å². The second kappa shape index (κ2) is 8.47. The molecule has 29 heavy (non-hydrogen) atoms. The molecule has 0 amide bonds. The molecule has 5 unspecified atom stereocenters. The van der Waals surface area contributed by atoms with Crippen LogP contribution >= 0.6 is 0 Å². The average Bonchev–Trinajstić information content (AvgIpc) is 3.53. The summed E-state index contributed by atoms with van der Waals surface area (Å²) in [5, 5.41) is 8.02. The number of aryl methyl sites for hydroxylation is 1. The molecule has 5 heteroatoms. The molecule has 0 spiro atoms. The zero-order valence-electron chi connectivity index (χ0n) is 17.5. The van der Waals surface area contributed by atoms with E-state index in [1.54, 1.807) is 7.11 Å². The number of fused-ring (bicyclic) bond motifs is 5. The number of hydrogen-bond acceptors (Lipinski definition) is 5. The monoisotopic (exact) mass is 395 g/mol. The van der Waals surface area contributed by atoms with Gasteiger partial charge in [0.15, 0.2) is 0 Å². The summed E-state index contributed by atoms with van der Waals surface area (Å²) in [4.78, 5) is 4.54. The van der Waals surface area contributed by atoms with Crippen LogP contribution in [-0.2, 0) is 6.42 Å². The standard InChI is InChI=1S/C24H33N3O2/c1-28-18-11-9-16(10-12-18)24-26-23(29-27-24)8-3-2-4-13-25-22-15-17-14-21(22)20-7-5-6-19(17)20/h9-12,17,19-22,25H,2-8,13-15H2,1H3. The largest absolute Gasteiger partial charge is 0.497 e. The first-order valence-corrected chi connectivity index (χ1v) is 11.5. The topological polar surface area (TPSA) is 60.2 Å². The zero-order chi connectivity index (χ0) is 19.6. The van der Waals surface area contributed by atoms with Gasteiger partial charge in [-0.25, -0.2) is 0 Å². The Hall–Kier alpha value is -1.88. The molecule has 1 aromatic heterocycles. The summed E-state index contributed by atoms with van der Waals surface area (Å²) < 4.78 is 10.6. The van der Waals surface area contributed by atoms with Gasteiger partial charge in [0, 0.05) is 18.0 Å². The van der Waals surface area contributed by atoms with E-state index >= 15 is 0 Å². The highest BCUT2D eigenvalue weighted by Gasteiger charge is 2.53. The van der Waals surface area contributed by atoms with E-state index in [4.69, 9.17) is 9.26 Å². The number of unbranched alkanes of at least 4 members (excludes halogenated alkanes) is 2. The van der Waals surface area contributed by atoms with Gasteiger partial charge in [-0.15, -0.1) is 0 Å². The fraction of sp³-hybridized carbons (Fsp3) is 0.667. The van der Waals surface area contributed by atoms with Crippen molar-refractivity contribution < 1.29 is 9.26 Å². The van der Waals surface area contributed by atoms with E-state index in [2.05, 4.69) is 15.5 Å². The summed E-state index contributed by atoms with van der Waals surface area (Å²) in [5.74, 6) is 6.41. The lowest BCUT2D eigenvalue weighted by atomic mass is 9.79. The molecule has 5 atom stereocenters. The minimum absolute atomic E-state index is 0.658. The highest BCUT2D eigenvalue weighted by molar-refractivity contribution is 5.55. The Morgan fingerprint density at radius 2 is 1.90 bits per heavy atom.